The third kappa shape index (κ3) is 81.8. The molecule has 0 aromatic carbocycles. The van der Waals surface area contributed by atoms with Crippen molar-refractivity contribution in [1.82, 2.24) is 0 Å². The van der Waals surface area contributed by atoms with Crippen LogP contribution in [0.5, 0.6) is 0 Å². The number of carboxylic acids is 3. The number of unbranched alkanes of at least 4 members (excludes halogenated alkanes) is 45. The van der Waals surface area contributed by atoms with E-state index < -0.39 is 17.9 Å². The van der Waals surface area contributed by atoms with Crippen LogP contribution < -0.4 is 0 Å². The van der Waals surface area contributed by atoms with Crippen LogP contribution in [0.25, 0.3) is 0 Å². The third-order valence-electron chi connectivity index (χ3n) is 12.7. The number of rotatable bonds is 51. The minimum Gasteiger partial charge on any atom is -0.478 e. The summed E-state index contributed by atoms with van der Waals surface area (Å²) in [7, 11) is 0. The fourth-order valence-electron chi connectivity index (χ4n) is 8.45. The minimum absolute atomic E-state index is 0. The van der Waals surface area contributed by atoms with E-state index in [1.807, 2.05) is 0 Å². The molecule has 0 spiro atoms. The molecular formula is C60H114O6Sc. The summed E-state index contributed by atoms with van der Waals surface area (Å²) in [6.07, 6.45) is 73.5. The van der Waals surface area contributed by atoms with Crippen LogP contribution in [0.3, 0.4) is 0 Å². The maximum absolute atomic E-state index is 10.3. The average Bonchev–Trinajstić information content (AvgIpc) is 3.29. The SMILES string of the molecule is CCCCCCCCCCCCCCCCCC=CC(=O)O.CCCCCCCCCCCCCCCCCC=CC(=O)O.CCCCCCCCCCCCCCCCCC=CC(=O)O.[Sc]. The van der Waals surface area contributed by atoms with Crippen molar-refractivity contribution in [3.05, 3.63) is 36.5 Å². The van der Waals surface area contributed by atoms with Gasteiger partial charge >= 0.3 is 17.9 Å². The van der Waals surface area contributed by atoms with Crippen molar-refractivity contribution in [3.8, 4) is 0 Å². The number of hydrogen-bond donors (Lipinski definition) is 3. The number of hydrogen-bond acceptors (Lipinski definition) is 3. The Morgan fingerprint density at radius 2 is 0.358 bits per heavy atom. The van der Waals surface area contributed by atoms with Crippen LogP contribution in [-0.4, -0.2) is 33.2 Å². The van der Waals surface area contributed by atoms with E-state index in [1.165, 1.54) is 288 Å². The van der Waals surface area contributed by atoms with Crippen LogP contribution in [0.1, 0.15) is 329 Å². The fraction of sp³-hybridized carbons (Fsp3) is 0.850. The van der Waals surface area contributed by atoms with Gasteiger partial charge in [0.1, 0.15) is 0 Å². The largest absolute Gasteiger partial charge is 0.478 e. The van der Waals surface area contributed by atoms with E-state index in [0.717, 1.165) is 38.5 Å². The normalized spacial score (nSPS) is 11.1. The van der Waals surface area contributed by atoms with Gasteiger partial charge < -0.3 is 15.3 Å². The summed E-state index contributed by atoms with van der Waals surface area (Å²) in [5.41, 5.74) is 0. The summed E-state index contributed by atoms with van der Waals surface area (Å²) in [6.45, 7) is 6.82. The Bertz CT molecular complexity index is 911. The monoisotopic (exact) mass is 976 g/mol. The van der Waals surface area contributed by atoms with Crippen LogP contribution in [0, 0.1) is 0 Å². The molecule has 393 valence electrons. The number of aliphatic carboxylic acids is 3. The molecule has 0 amide bonds. The van der Waals surface area contributed by atoms with E-state index in [1.54, 1.807) is 18.2 Å². The smallest absolute Gasteiger partial charge is 0.327 e. The zero-order valence-corrected chi connectivity index (χ0v) is 46.9. The number of allylic oxidation sites excluding steroid dienone is 3. The van der Waals surface area contributed by atoms with Gasteiger partial charge in [-0.1, -0.05) is 309 Å². The van der Waals surface area contributed by atoms with Gasteiger partial charge in [-0.05, 0) is 38.5 Å². The predicted octanol–water partition coefficient (Wildman–Crippen LogP) is 20.7. The summed E-state index contributed by atoms with van der Waals surface area (Å²) in [4.78, 5) is 30.8. The molecule has 1 radical (unpaired) electrons. The van der Waals surface area contributed by atoms with Crippen LogP contribution in [0.15, 0.2) is 36.5 Å². The van der Waals surface area contributed by atoms with Gasteiger partial charge in [0.15, 0.2) is 0 Å². The average molecular weight is 977 g/mol. The van der Waals surface area contributed by atoms with Gasteiger partial charge in [0.25, 0.3) is 0 Å². The van der Waals surface area contributed by atoms with Crippen molar-refractivity contribution in [1.29, 1.82) is 0 Å². The minimum atomic E-state index is -0.832. The molecule has 3 N–H and O–H groups in total. The molecule has 0 atom stereocenters. The van der Waals surface area contributed by atoms with Gasteiger partial charge in [-0.25, -0.2) is 14.4 Å². The number of carbonyl (C=O) groups is 3. The van der Waals surface area contributed by atoms with Crippen molar-refractivity contribution in [2.75, 3.05) is 0 Å². The first-order valence-electron chi connectivity index (χ1n) is 29.0. The zero-order chi connectivity index (χ0) is 48.9. The third-order valence-corrected chi connectivity index (χ3v) is 12.7. The van der Waals surface area contributed by atoms with Crippen LogP contribution in [-0.2, 0) is 40.2 Å². The van der Waals surface area contributed by atoms with Gasteiger partial charge in [0, 0.05) is 44.1 Å². The molecule has 67 heavy (non-hydrogen) atoms. The summed E-state index contributed by atoms with van der Waals surface area (Å²) < 4.78 is 0. The van der Waals surface area contributed by atoms with Crippen molar-refractivity contribution in [3.63, 3.8) is 0 Å². The standard InChI is InChI=1S/3C20H38O2.Sc/c3*1-2-3-4-5-6-7-8-9-10-11-12-13-14-15-16-17-18-19-20(21)22;/h3*18-19H,2-17H2,1H3,(H,21,22);. The molecule has 0 aliphatic carbocycles. The predicted molar refractivity (Wildman–Crippen MR) is 289 cm³/mol. The summed E-state index contributed by atoms with van der Waals surface area (Å²) in [6, 6.07) is 0. The Hall–Kier alpha value is -1.50. The van der Waals surface area contributed by atoms with E-state index in [4.69, 9.17) is 15.3 Å². The van der Waals surface area contributed by atoms with Gasteiger partial charge in [-0.3, -0.25) is 0 Å². The summed E-state index contributed by atoms with van der Waals surface area (Å²) in [5, 5.41) is 25.4. The molecular weight excluding hydrogens is 862 g/mol. The van der Waals surface area contributed by atoms with Crippen molar-refractivity contribution < 1.29 is 55.5 Å². The quantitative estimate of drug-likeness (QED) is 0.0414. The molecule has 0 fully saturated rings. The molecule has 0 aliphatic heterocycles. The Kier molecular flexibility index (Phi) is 73.9. The molecule has 6 nitrogen and oxygen atoms in total. The fourth-order valence-corrected chi connectivity index (χ4v) is 8.45. The number of carboxylic acid groups (broad SMARTS) is 3. The first kappa shape index (κ1) is 72.0. The second-order valence-electron chi connectivity index (χ2n) is 19.4. The zero-order valence-electron chi connectivity index (χ0n) is 45.0. The first-order chi connectivity index (χ1) is 32.3. The Morgan fingerprint density at radius 3 is 0.478 bits per heavy atom. The maximum atomic E-state index is 10.3. The molecule has 0 aromatic heterocycles. The molecule has 7 heteroatoms. The Balaban J connectivity index is -0.000000441. The molecule has 0 aliphatic rings. The first-order valence-corrected chi connectivity index (χ1v) is 29.0. The molecule has 0 unspecified atom stereocenters. The molecule has 0 saturated carbocycles. The van der Waals surface area contributed by atoms with Gasteiger partial charge in [-0.2, -0.15) is 0 Å². The molecule has 0 rings (SSSR count). The summed E-state index contributed by atoms with van der Waals surface area (Å²) >= 11 is 0. The molecule has 0 bridgehead atoms. The maximum Gasteiger partial charge on any atom is 0.327 e. The van der Waals surface area contributed by atoms with E-state index >= 15 is 0 Å². The molecule has 0 saturated heterocycles. The van der Waals surface area contributed by atoms with E-state index in [2.05, 4.69) is 20.8 Å². The summed E-state index contributed by atoms with van der Waals surface area (Å²) in [5.74, 6) is -2.50. The van der Waals surface area contributed by atoms with Crippen molar-refractivity contribution in [2.45, 2.75) is 329 Å². The Morgan fingerprint density at radius 1 is 0.239 bits per heavy atom. The molecule has 0 aromatic rings. The Labute approximate surface area is 436 Å². The van der Waals surface area contributed by atoms with Crippen molar-refractivity contribution >= 4 is 17.9 Å². The second-order valence-corrected chi connectivity index (χ2v) is 19.4. The van der Waals surface area contributed by atoms with Gasteiger partial charge in [0.2, 0.25) is 0 Å². The van der Waals surface area contributed by atoms with Crippen LogP contribution in [0.4, 0.5) is 0 Å². The van der Waals surface area contributed by atoms with Crippen LogP contribution in [0.2, 0.25) is 0 Å². The van der Waals surface area contributed by atoms with Crippen molar-refractivity contribution in [2.24, 2.45) is 0 Å². The van der Waals surface area contributed by atoms with Gasteiger partial charge in [-0.15, -0.1) is 0 Å². The topological polar surface area (TPSA) is 112 Å². The molecule has 0 heterocycles. The second kappa shape index (κ2) is 68.8. The van der Waals surface area contributed by atoms with E-state index in [0.29, 0.717) is 0 Å². The van der Waals surface area contributed by atoms with E-state index in [-0.39, 0.29) is 25.8 Å². The van der Waals surface area contributed by atoms with Crippen LogP contribution >= 0.6 is 0 Å². The van der Waals surface area contributed by atoms with Gasteiger partial charge in [0.05, 0.1) is 0 Å². The van der Waals surface area contributed by atoms with E-state index in [9.17, 15) is 14.4 Å².